The lowest BCUT2D eigenvalue weighted by atomic mass is 10.0. The summed E-state index contributed by atoms with van der Waals surface area (Å²) in [5.74, 6) is -0.0783. The molecule has 0 saturated carbocycles. The summed E-state index contributed by atoms with van der Waals surface area (Å²) in [4.78, 5) is 10.2. The zero-order chi connectivity index (χ0) is 9.52. The van der Waals surface area contributed by atoms with Crippen LogP contribution in [0.15, 0.2) is 24.3 Å². The van der Waals surface area contributed by atoms with Crippen LogP contribution in [-0.4, -0.2) is 11.1 Å². The van der Waals surface area contributed by atoms with Crippen LogP contribution in [0.2, 0.25) is 0 Å². The van der Waals surface area contributed by atoms with Crippen molar-refractivity contribution in [2.75, 3.05) is 0 Å². The molecule has 0 atom stereocenters. The molecule has 1 N–H and O–H groups in total. The van der Waals surface area contributed by atoms with Crippen LogP contribution in [0.25, 0.3) is 0 Å². The molecule has 72 valence electrons. The van der Waals surface area contributed by atoms with Gasteiger partial charge in [0.2, 0.25) is 0 Å². The Kier molecular flexibility index (Phi) is 4.30. The van der Waals surface area contributed by atoms with E-state index in [0.717, 1.165) is 25.7 Å². The van der Waals surface area contributed by atoms with Crippen molar-refractivity contribution in [1.82, 2.24) is 0 Å². The van der Waals surface area contributed by atoms with Gasteiger partial charge in [-0.05, 0) is 18.8 Å². The third-order valence-electron chi connectivity index (χ3n) is 2.26. The van der Waals surface area contributed by atoms with E-state index in [-0.39, 0.29) is 0 Å². The fourth-order valence-corrected chi connectivity index (χ4v) is 1.50. The van der Waals surface area contributed by atoms with Gasteiger partial charge in [0.05, 0.1) is 0 Å². The van der Waals surface area contributed by atoms with Crippen molar-refractivity contribution in [3.05, 3.63) is 24.3 Å². The molecule has 2 heteroatoms. The van der Waals surface area contributed by atoms with Gasteiger partial charge in [-0.1, -0.05) is 37.1 Å². The number of carboxylic acid groups (broad SMARTS) is 1. The Labute approximate surface area is 79.0 Å². The van der Waals surface area contributed by atoms with E-state index in [0.29, 0.717) is 12.3 Å². The Morgan fingerprint density at radius 1 is 1.15 bits per heavy atom. The Morgan fingerprint density at radius 3 is 2.46 bits per heavy atom. The van der Waals surface area contributed by atoms with Crippen LogP contribution in [0.5, 0.6) is 0 Å². The molecule has 1 aliphatic carbocycles. The van der Waals surface area contributed by atoms with Crippen LogP contribution < -0.4 is 0 Å². The molecule has 2 nitrogen and oxygen atoms in total. The number of rotatable bonds is 6. The number of hydrogen-bond donors (Lipinski definition) is 1. The summed E-state index contributed by atoms with van der Waals surface area (Å²) in [7, 11) is 0. The zero-order valence-corrected chi connectivity index (χ0v) is 7.78. The van der Waals surface area contributed by atoms with E-state index in [2.05, 4.69) is 24.3 Å². The molecule has 0 heterocycles. The first-order valence-corrected chi connectivity index (χ1v) is 4.86. The normalized spacial score (nSPS) is 15.4. The molecule has 0 amide bonds. The summed E-state index contributed by atoms with van der Waals surface area (Å²) < 4.78 is 0. The van der Waals surface area contributed by atoms with Crippen LogP contribution in [0.3, 0.4) is 0 Å². The van der Waals surface area contributed by atoms with Gasteiger partial charge in [-0.3, -0.25) is 4.79 Å². The summed E-state index contributed by atoms with van der Waals surface area (Å²) in [6.45, 7) is 0. The molecule has 0 aromatic rings. The van der Waals surface area contributed by atoms with E-state index in [4.69, 9.17) is 5.11 Å². The summed E-state index contributed by atoms with van der Waals surface area (Å²) in [6, 6.07) is 0. The maximum Gasteiger partial charge on any atom is 0.303 e. The topological polar surface area (TPSA) is 37.3 Å². The molecular weight excluding hydrogens is 164 g/mol. The highest BCUT2D eigenvalue weighted by Crippen LogP contribution is 2.17. The smallest absolute Gasteiger partial charge is 0.303 e. The first kappa shape index (κ1) is 10.0. The molecule has 0 spiro atoms. The third kappa shape index (κ3) is 4.51. The molecule has 1 aliphatic rings. The molecule has 0 saturated heterocycles. The van der Waals surface area contributed by atoms with E-state index in [1.807, 2.05) is 0 Å². The third-order valence-corrected chi connectivity index (χ3v) is 2.26. The molecular formula is C11H16O2. The van der Waals surface area contributed by atoms with Crippen molar-refractivity contribution in [2.45, 2.75) is 32.1 Å². The van der Waals surface area contributed by atoms with Crippen LogP contribution >= 0.6 is 0 Å². The van der Waals surface area contributed by atoms with Gasteiger partial charge in [-0.2, -0.15) is 0 Å². The zero-order valence-electron chi connectivity index (χ0n) is 7.78. The standard InChI is InChI=1S/C11H16O2/c12-11(13)9-3-1-2-6-10-7-4-5-8-10/h4-5,7-8,10H,1-3,6,9H2,(H,12,13). The second-order valence-electron chi connectivity index (χ2n) is 3.43. The van der Waals surface area contributed by atoms with Gasteiger partial charge in [0.1, 0.15) is 0 Å². The van der Waals surface area contributed by atoms with Crippen LogP contribution in [0, 0.1) is 5.92 Å². The minimum Gasteiger partial charge on any atom is -0.481 e. The lowest BCUT2D eigenvalue weighted by Crippen LogP contribution is -1.94. The molecule has 0 aromatic carbocycles. The van der Waals surface area contributed by atoms with Crippen molar-refractivity contribution in [3.63, 3.8) is 0 Å². The van der Waals surface area contributed by atoms with Gasteiger partial charge in [0.15, 0.2) is 0 Å². The predicted molar refractivity (Wildman–Crippen MR) is 52.5 cm³/mol. The summed E-state index contributed by atoms with van der Waals surface area (Å²) in [5.41, 5.74) is 0. The SMILES string of the molecule is O=C(O)CCCCCC1C=CC=C1. The Hall–Kier alpha value is -1.05. The number of unbranched alkanes of at least 4 members (excludes halogenated alkanes) is 2. The molecule has 0 aromatic heterocycles. The number of carbonyl (C=O) groups is 1. The second-order valence-corrected chi connectivity index (χ2v) is 3.43. The number of hydrogen-bond acceptors (Lipinski definition) is 1. The highest BCUT2D eigenvalue weighted by Gasteiger charge is 2.03. The minimum atomic E-state index is -0.680. The number of allylic oxidation sites excluding steroid dienone is 4. The van der Waals surface area contributed by atoms with Gasteiger partial charge in [0.25, 0.3) is 0 Å². The first-order valence-electron chi connectivity index (χ1n) is 4.86. The summed E-state index contributed by atoms with van der Waals surface area (Å²) in [5, 5.41) is 8.40. The molecule has 13 heavy (non-hydrogen) atoms. The lowest BCUT2D eigenvalue weighted by Gasteiger charge is -2.03. The number of aliphatic carboxylic acids is 1. The highest BCUT2D eigenvalue weighted by molar-refractivity contribution is 5.66. The van der Waals surface area contributed by atoms with Gasteiger partial charge in [0, 0.05) is 6.42 Å². The van der Waals surface area contributed by atoms with E-state index >= 15 is 0 Å². The lowest BCUT2D eigenvalue weighted by molar-refractivity contribution is -0.137. The van der Waals surface area contributed by atoms with Gasteiger partial charge in [-0.25, -0.2) is 0 Å². The Bertz CT molecular complexity index is 204. The van der Waals surface area contributed by atoms with Gasteiger partial charge in [-0.15, -0.1) is 0 Å². The fourth-order valence-electron chi connectivity index (χ4n) is 1.50. The Morgan fingerprint density at radius 2 is 1.85 bits per heavy atom. The van der Waals surface area contributed by atoms with Crippen molar-refractivity contribution < 1.29 is 9.90 Å². The summed E-state index contributed by atoms with van der Waals surface area (Å²) >= 11 is 0. The van der Waals surface area contributed by atoms with Gasteiger partial charge < -0.3 is 5.11 Å². The molecule has 0 aliphatic heterocycles. The highest BCUT2D eigenvalue weighted by atomic mass is 16.4. The van der Waals surface area contributed by atoms with E-state index < -0.39 is 5.97 Å². The molecule has 0 bridgehead atoms. The van der Waals surface area contributed by atoms with Gasteiger partial charge >= 0.3 is 5.97 Å². The van der Waals surface area contributed by atoms with Crippen LogP contribution in [-0.2, 0) is 4.79 Å². The Balaban J connectivity index is 1.92. The van der Waals surface area contributed by atoms with E-state index in [9.17, 15) is 4.79 Å². The monoisotopic (exact) mass is 180 g/mol. The molecule has 0 fully saturated rings. The molecule has 1 rings (SSSR count). The minimum absolute atomic E-state index is 0.316. The maximum atomic E-state index is 10.2. The average molecular weight is 180 g/mol. The average Bonchev–Trinajstić information content (AvgIpc) is 2.55. The second kappa shape index (κ2) is 5.57. The summed E-state index contributed by atoms with van der Waals surface area (Å²) in [6.07, 6.45) is 13.0. The van der Waals surface area contributed by atoms with Crippen LogP contribution in [0.4, 0.5) is 0 Å². The van der Waals surface area contributed by atoms with Crippen molar-refractivity contribution in [1.29, 1.82) is 0 Å². The predicted octanol–water partition coefficient (Wildman–Crippen LogP) is 2.76. The molecule has 0 unspecified atom stereocenters. The number of carboxylic acids is 1. The van der Waals surface area contributed by atoms with E-state index in [1.54, 1.807) is 0 Å². The largest absolute Gasteiger partial charge is 0.481 e. The van der Waals surface area contributed by atoms with Crippen molar-refractivity contribution >= 4 is 5.97 Å². The van der Waals surface area contributed by atoms with Crippen LogP contribution in [0.1, 0.15) is 32.1 Å². The van der Waals surface area contributed by atoms with Crippen molar-refractivity contribution in [2.24, 2.45) is 5.92 Å². The fraction of sp³-hybridized carbons (Fsp3) is 0.545. The van der Waals surface area contributed by atoms with Crippen molar-refractivity contribution in [3.8, 4) is 0 Å². The first-order chi connectivity index (χ1) is 6.29. The molecule has 0 radical (unpaired) electrons. The van der Waals surface area contributed by atoms with E-state index in [1.165, 1.54) is 0 Å². The maximum absolute atomic E-state index is 10.2. The quantitative estimate of drug-likeness (QED) is 0.638.